The molecule has 1 aliphatic heterocycles. The summed E-state index contributed by atoms with van der Waals surface area (Å²) < 4.78 is 10.5. The normalized spacial score (nSPS) is 16.4. The van der Waals surface area contributed by atoms with Gasteiger partial charge in [0.25, 0.3) is 0 Å². The maximum atomic E-state index is 11.9. The third kappa shape index (κ3) is 6.76. The molecule has 2 N–H and O–H groups in total. The minimum atomic E-state index is -0.0921. The van der Waals surface area contributed by atoms with Gasteiger partial charge >= 0.3 is 6.03 Å². The molecule has 24 heavy (non-hydrogen) atoms. The van der Waals surface area contributed by atoms with Crippen LogP contribution in [0.1, 0.15) is 18.9 Å². The summed E-state index contributed by atoms with van der Waals surface area (Å²) >= 11 is 0. The van der Waals surface area contributed by atoms with Crippen LogP contribution < -0.4 is 15.4 Å². The highest BCUT2D eigenvalue weighted by atomic mass is 16.5. The lowest BCUT2D eigenvalue weighted by molar-refractivity contribution is 0.0387. The van der Waals surface area contributed by atoms with Crippen molar-refractivity contribution in [3.05, 3.63) is 29.8 Å². The van der Waals surface area contributed by atoms with Gasteiger partial charge in [-0.05, 0) is 37.5 Å². The van der Waals surface area contributed by atoms with Gasteiger partial charge in [-0.2, -0.15) is 0 Å². The Morgan fingerprint density at radius 3 is 2.67 bits per heavy atom. The molecule has 2 amide bonds. The number of rotatable bonds is 8. The fourth-order valence-corrected chi connectivity index (χ4v) is 2.67. The van der Waals surface area contributed by atoms with Gasteiger partial charge in [0.15, 0.2) is 0 Å². The predicted octanol–water partition coefficient (Wildman–Crippen LogP) is 1.65. The molecule has 1 unspecified atom stereocenters. The zero-order valence-electron chi connectivity index (χ0n) is 14.7. The summed E-state index contributed by atoms with van der Waals surface area (Å²) in [6.45, 7) is 7.03. The van der Waals surface area contributed by atoms with Crippen molar-refractivity contribution >= 4 is 6.03 Å². The number of ether oxygens (including phenoxy) is 2. The van der Waals surface area contributed by atoms with Crippen LogP contribution in [0.5, 0.6) is 5.75 Å². The first-order valence-corrected chi connectivity index (χ1v) is 8.65. The molecule has 134 valence electrons. The molecular formula is C18H29N3O3. The molecule has 1 saturated heterocycles. The predicted molar refractivity (Wildman–Crippen MR) is 94.6 cm³/mol. The van der Waals surface area contributed by atoms with Gasteiger partial charge in [0.05, 0.1) is 20.3 Å². The Balaban J connectivity index is 1.58. The van der Waals surface area contributed by atoms with Crippen LogP contribution >= 0.6 is 0 Å². The van der Waals surface area contributed by atoms with Crippen molar-refractivity contribution in [1.29, 1.82) is 0 Å². The molecule has 1 heterocycles. The number of hydrogen-bond acceptors (Lipinski definition) is 4. The number of carbonyl (C=O) groups is 1. The standard InChI is InChI=1S/C18H29N3O3/c1-15(3-4-16-5-7-17(23-2)8-6-16)20-18(22)19-9-10-21-11-13-24-14-12-21/h5-8,15H,3-4,9-14H2,1-2H3,(H2,19,20,22). The highest BCUT2D eigenvalue weighted by molar-refractivity contribution is 5.74. The van der Waals surface area contributed by atoms with Crippen molar-refractivity contribution in [1.82, 2.24) is 15.5 Å². The lowest BCUT2D eigenvalue weighted by Crippen LogP contribution is -2.45. The van der Waals surface area contributed by atoms with Crippen molar-refractivity contribution in [2.24, 2.45) is 0 Å². The quantitative estimate of drug-likeness (QED) is 0.758. The second kappa shape index (κ2) is 10.2. The van der Waals surface area contributed by atoms with Crippen molar-refractivity contribution in [2.45, 2.75) is 25.8 Å². The minimum Gasteiger partial charge on any atom is -0.497 e. The van der Waals surface area contributed by atoms with Crippen LogP contribution in [0.25, 0.3) is 0 Å². The fourth-order valence-electron chi connectivity index (χ4n) is 2.67. The van der Waals surface area contributed by atoms with E-state index in [2.05, 4.69) is 27.7 Å². The van der Waals surface area contributed by atoms with E-state index in [4.69, 9.17) is 9.47 Å². The number of carbonyl (C=O) groups excluding carboxylic acids is 1. The highest BCUT2D eigenvalue weighted by Crippen LogP contribution is 2.13. The average molecular weight is 335 g/mol. The van der Waals surface area contributed by atoms with Gasteiger partial charge in [-0.25, -0.2) is 4.79 Å². The molecule has 2 rings (SSSR count). The highest BCUT2D eigenvalue weighted by Gasteiger charge is 2.11. The number of urea groups is 1. The number of morpholine rings is 1. The smallest absolute Gasteiger partial charge is 0.315 e. The molecule has 0 aliphatic carbocycles. The van der Waals surface area contributed by atoms with Crippen LogP contribution in [0.15, 0.2) is 24.3 Å². The average Bonchev–Trinajstić information content (AvgIpc) is 2.61. The fraction of sp³-hybridized carbons (Fsp3) is 0.611. The number of hydrogen-bond donors (Lipinski definition) is 2. The van der Waals surface area contributed by atoms with Gasteiger partial charge in [-0.15, -0.1) is 0 Å². The molecule has 1 aliphatic rings. The van der Waals surface area contributed by atoms with E-state index in [0.717, 1.165) is 51.4 Å². The number of benzene rings is 1. The Labute approximate surface area is 144 Å². The third-order valence-corrected chi connectivity index (χ3v) is 4.22. The van der Waals surface area contributed by atoms with Crippen molar-refractivity contribution in [2.75, 3.05) is 46.5 Å². The Hall–Kier alpha value is -1.79. The Morgan fingerprint density at radius 2 is 2.00 bits per heavy atom. The van der Waals surface area contributed by atoms with Gasteiger partial charge in [0, 0.05) is 32.2 Å². The first-order valence-electron chi connectivity index (χ1n) is 8.65. The summed E-state index contributed by atoms with van der Waals surface area (Å²) in [5, 5.41) is 5.92. The summed E-state index contributed by atoms with van der Waals surface area (Å²) in [5.41, 5.74) is 1.25. The van der Waals surface area contributed by atoms with Crippen LogP contribution in [-0.4, -0.2) is 63.5 Å². The topological polar surface area (TPSA) is 62.8 Å². The van der Waals surface area contributed by atoms with E-state index < -0.39 is 0 Å². The number of amides is 2. The SMILES string of the molecule is COc1ccc(CCC(C)NC(=O)NCCN2CCOCC2)cc1. The van der Waals surface area contributed by atoms with Crippen LogP contribution in [0.3, 0.4) is 0 Å². The Morgan fingerprint density at radius 1 is 1.29 bits per heavy atom. The zero-order valence-corrected chi connectivity index (χ0v) is 14.7. The van der Waals surface area contributed by atoms with Gasteiger partial charge in [0.1, 0.15) is 5.75 Å². The largest absolute Gasteiger partial charge is 0.497 e. The lowest BCUT2D eigenvalue weighted by Gasteiger charge is -2.26. The molecule has 1 fully saturated rings. The van der Waals surface area contributed by atoms with Crippen molar-refractivity contribution in [3.63, 3.8) is 0 Å². The van der Waals surface area contributed by atoms with E-state index in [1.807, 2.05) is 19.1 Å². The lowest BCUT2D eigenvalue weighted by atomic mass is 10.1. The van der Waals surface area contributed by atoms with E-state index in [1.165, 1.54) is 5.56 Å². The monoisotopic (exact) mass is 335 g/mol. The molecule has 6 heteroatoms. The molecule has 1 aromatic carbocycles. The van der Waals surface area contributed by atoms with E-state index >= 15 is 0 Å². The van der Waals surface area contributed by atoms with Gasteiger partial charge < -0.3 is 20.1 Å². The second-order valence-electron chi connectivity index (χ2n) is 6.14. The van der Waals surface area contributed by atoms with E-state index in [-0.39, 0.29) is 12.1 Å². The summed E-state index contributed by atoms with van der Waals surface area (Å²) in [4.78, 5) is 14.2. The van der Waals surface area contributed by atoms with E-state index in [1.54, 1.807) is 7.11 Å². The summed E-state index contributed by atoms with van der Waals surface area (Å²) in [6.07, 6.45) is 1.84. The number of nitrogens with one attached hydrogen (secondary N) is 2. The Bertz CT molecular complexity index is 487. The van der Waals surface area contributed by atoms with Crippen LogP contribution in [0.4, 0.5) is 4.79 Å². The van der Waals surface area contributed by atoms with Gasteiger partial charge in [-0.1, -0.05) is 12.1 Å². The van der Waals surface area contributed by atoms with Crippen LogP contribution in [0.2, 0.25) is 0 Å². The minimum absolute atomic E-state index is 0.0921. The second-order valence-corrected chi connectivity index (χ2v) is 6.14. The first kappa shape index (κ1) is 18.5. The van der Waals surface area contributed by atoms with Crippen molar-refractivity contribution < 1.29 is 14.3 Å². The summed E-state index contributed by atoms with van der Waals surface area (Å²) in [6, 6.07) is 8.10. The molecule has 0 radical (unpaired) electrons. The Kier molecular flexibility index (Phi) is 7.85. The van der Waals surface area contributed by atoms with Crippen molar-refractivity contribution in [3.8, 4) is 5.75 Å². The maximum absolute atomic E-state index is 11.9. The number of methoxy groups -OCH3 is 1. The molecule has 0 aromatic heterocycles. The molecule has 6 nitrogen and oxygen atoms in total. The van der Waals surface area contributed by atoms with Gasteiger partial charge in [-0.3, -0.25) is 4.90 Å². The molecular weight excluding hydrogens is 306 g/mol. The third-order valence-electron chi connectivity index (χ3n) is 4.22. The first-order chi connectivity index (χ1) is 11.7. The summed E-state index contributed by atoms with van der Waals surface area (Å²) in [7, 11) is 1.67. The van der Waals surface area contributed by atoms with Crippen LogP contribution in [-0.2, 0) is 11.2 Å². The molecule has 0 saturated carbocycles. The molecule has 0 spiro atoms. The van der Waals surface area contributed by atoms with Gasteiger partial charge in [0.2, 0.25) is 0 Å². The summed E-state index contributed by atoms with van der Waals surface area (Å²) in [5.74, 6) is 0.865. The van der Waals surface area contributed by atoms with E-state index in [9.17, 15) is 4.79 Å². The van der Waals surface area contributed by atoms with E-state index in [0.29, 0.717) is 6.54 Å². The molecule has 1 atom stereocenters. The maximum Gasteiger partial charge on any atom is 0.315 e. The number of aryl methyl sites for hydroxylation is 1. The molecule has 1 aromatic rings. The zero-order chi connectivity index (χ0) is 17.2. The van der Waals surface area contributed by atoms with Crippen LogP contribution in [0, 0.1) is 0 Å². The molecule has 0 bridgehead atoms. The number of nitrogens with zero attached hydrogens (tertiary/aromatic N) is 1.